The Morgan fingerprint density at radius 2 is 1.92 bits per heavy atom. The summed E-state index contributed by atoms with van der Waals surface area (Å²) in [6.07, 6.45) is 8.82. The standard InChI is InChI=1S/C18H24N6O/c1-3-13-9-19-18(20-10-13)24-7-5-14-4-6-23(11-15(14)24)16-8-17(25-2)22-12-21-16/h8-10,12,14-15H,3-7,11H2,1-2H3. The fraction of sp³-hybridized carbons (Fsp3) is 0.556. The molecule has 2 unspecified atom stereocenters. The van der Waals surface area contributed by atoms with E-state index in [0.717, 1.165) is 37.8 Å². The summed E-state index contributed by atoms with van der Waals surface area (Å²) in [5.41, 5.74) is 1.18. The number of piperidine rings is 1. The minimum atomic E-state index is 0.433. The second-order valence-electron chi connectivity index (χ2n) is 6.71. The molecule has 2 aliphatic heterocycles. The molecule has 0 amide bonds. The minimum Gasteiger partial charge on any atom is -0.481 e. The first-order valence-corrected chi connectivity index (χ1v) is 8.97. The summed E-state index contributed by atoms with van der Waals surface area (Å²) >= 11 is 0. The molecule has 0 aliphatic carbocycles. The van der Waals surface area contributed by atoms with Crippen molar-refractivity contribution in [2.24, 2.45) is 5.92 Å². The topological polar surface area (TPSA) is 67.3 Å². The van der Waals surface area contributed by atoms with E-state index in [1.54, 1.807) is 13.4 Å². The Morgan fingerprint density at radius 1 is 1.12 bits per heavy atom. The number of hydrogen-bond acceptors (Lipinski definition) is 7. The normalized spacial score (nSPS) is 22.8. The Hall–Kier alpha value is -2.44. The monoisotopic (exact) mass is 340 g/mol. The van der Waals surface area contributed by atoms with Crippen LogP contribution in [-0.4, -0.2) is 52.7 Å². The van der Waals surface area contributed by atoms with E-state index in [1.165, 1.54) is 18.4 Å². The van der Waals surface area contributed by atoms with E-state index in [4.69, 9.17) is 4.74 Å². The predicted octanol–water partition coefficient (Wildman–Crippen LogP) is 1.94. The van der Waals surface area contributed by atoms with Crippen LogP contribution in [0.3, 0.4) is 0 Å². The highest BCUT2D eigenvalue weighted by atomic mass is 16.5. The second-order valence-corrected chi connectivity index (χ2v) is 6.71. The van der Waals surface area contributed by atoms with Gasteiger partial charge in [0.2, 0.25) is 11.8 Å². The van der Waals surface area contributed by atoms with Crippen LogP contribution in [0.15, 0.2) is 24.8 Å². The molecule has 0 N–H and O–H groups in total. The van der Waals surface area contributed by atoms with Crippen LogP contribution in [0.5, 0.6) is 5.88 Å². The third-order valence-electron chi connectivity index (χ3n) is 5.38. The van der Waals surface area contributed by atoms with Gasteiger partial charge < -0.3 is 14.5 Å². The zero-order chi connectivity index (χ0) is 17.2. The van der Waals surface area contributed by atoms with Gasteiger partial charge in [-0.15, -0.1) is 0 Å². The average Bonchev–Trinajstić information content (AvgIpc) is 3.11. The summed E-state index contributed by atoms with van der Waals surface area (Å²) in [6, 6.07) is 2.34. The second kappa shape index (κ2) is 6.82. The predicted molar refractivity (Wildman–Crippen MR) is 96.1 cm³/mol. The lowest BCUT2D eigenvalue weighted by Crippen LogP contribution is -2.49. The molecule has 0 saturated carbocycles. The molecule has 7 nitrogen and oxygen atoms in total. The summed E-state index contributed by atoms with van der Waals surface area (Å²) in [4.78, 5) is 22.4. The van der Waals surface area contributed by atoms with Gasteiger partial charge in [0.05, 0.1) is 13.2 Å². The number of anilines is 2. The number of fused-ring (bicyclic) bond motifs is 1. The van der Waals surface area contributed by atoms with Gasteiger partial charge in [-0.05, 0) is 30.7 Å². The third kappa shape index (κ3) is 3.10. The average molecular weight is 340 g/mol. The summed E-state index contributed by atoms with van der Waals surface area (Å²) in [5.74, 6) is 3.09. The lowest BCUT2D eigenvalue weighted by atomic mass is 9.92. The molecule has 2 aromatic rings. The van der Waals surface area contributed by atoms with E-state index in [0.29, 0.717) is 17.8 Å². The number of nitrogens with zero attached hydrogens (tertiary/aromatic N) is 6. The van der Waals surface area contributed by atoms with Gasteiger partial charge in [0.1, 0.15) is 12.1 Å². The lowest BCUT2D eigenvalue weighted by Gasteiger charge is -2.39. The van der Waals surface area contributed by atoms with Crippen LogP contribution in [0.25, 0.3) is 0 Å². The maximum absolute atomic E-state index is 5.24. The van der Waals surface area contributed by atoms with Crippen LogP contribution in [0.1, 0.15) is 25.3 Å². The lowest BCUT2D eigenvalue weighted by molar-refractivity contribution is 0.383. The fourth-order valence-corrected chi connectivity index (χ4v) is 3.89. The van der Waals surface area contributed by atoms with Gasteiger partial charge in [0, 0.05) is 38.1 Å². The Labute approximate surface area is 148 Å². The fourth-order valence-electron chi connectivity index (χ4n) is 3.89. The number of aryl methyl sites for hydroxylation is 1. The zero-order valence-corrected chi connectivity index (χ0v) is 14.8. The summed E-state index contributed by atoms with van der Waals surface area (Å²) in [5, 5.41) is 0. The number of ether oxygens (including phenoxy) is 1. The summed E-state index contributed by atoms with van der Waals surface area (Å²) in [6.45, 7) is 5.11. The molecule has 4 rings (SSSR count). The zero-order valence-electron chi connectivity index (χ0n) is 14.8. The Morgan fingerprint density at radius 3 is 2.68 bits per heavy atom. The highest BCUT2D eigenvalue weighted by molar-refractivity contribution is 5.44. The van der Waals surface area contributed by atoms with Crippen molar-refractivity contribution in [3.8, 4) is 5.88 Å². The van der Waals surface area contributed by atoms with Crippen LogP contribution in [-0.2, 0) is 6.42 Å². The van der Waals surface area contributed by atoms with E-state index in [-0.39, 0.29) is 0 Å². The number of methoxy groups -OCH3 is 1. The molecule has 25 heavy (non-hydrogen) atoms. The first kappa shape index (κ1) is 16.1. The van der Waals surface area contributed by atoms with Gasteiger partial charge in [-0.3, -0.25) is 0 Å². The van der Waals surface area contributed by atoms with Gasteiger partial charge in [0.15, 0.2) is 0 Å². The number of aromatic nitrogens is 4. The minimum absolute atomic E-state index is 0.433. The number of rotatable bonds is 4. The van der Waals surface area contributed by atoms with Crippen LogP contribution >= 0.6 is 0 Å². The molecule has 2 aliphatic rings. The van der Waals surface area contributed by atoms with Crippen LogP contribution in [0.4, 0.5) is 11.8 Å². The highest BCUT2D eigenvalue weighted by Crippen LogP contribution is 2.35. The first-order chi connectivity index (χ1) is 12.3. The Kier molecular flexibility index (Phi) is 4.38. The molecule has 0 radical (unpaired) electrons. The highest BCUT2D eigenvalue weighted by Gasteiger charge is 2.39. The quantitative estimate of drug-likeness (QED) is 0.842. The van der Waals surface area contributed by atoms with Crippen molar-refractivity contribution < 1.29 is 4.74 Å². The smallest absolute Gasteiger partial charge is 0.225 e. The van der Waals surface area contributed by atoms with Crippen molar-refractivity contribution in [1.29, 1.82) is 0 Å². The summed E-state index contributed by atoms with van der Waals surface area (Å²) < 4.78 is 5.24. The molecule has 2 atom stereocenters. The van der Waals surface area contributed by atoms with Gasteiger partial charge >= 0.3 is 0 Å². The molecular weight excluding hydrogens is 316 g/mol. The molecule has 4 heterocycles. The van der Waals surface area contributed by atoms with E-state index >= 15 is 0 Å². The van der Waals surface area contributed by atoms with E-state index in [1.807, 2.05) is 18.5 Å². The van der Waals surface area contributed by atoms with Gasteiger partial charge in [-0.1, -0.05) is 6.92 Å². The largest absolute Gasteiger partial charge is 0.481 e. The van der Waals surface area contributed by atoms with Gasteiger partial charge in [0.25, 0.3) is 0 Å². The summed E-state index contributed by atoms with van der Waals surface area (Å²) in [7, 11) is 1.63. The van der Waals surface area contributed by atoms with Gasteiger partial charge in [-0.2, -0.15) is 0 Å². The van der Waals surface area contributed by atoms with Crippen LogP contribution < -0.4 is 14.5 Å². The molecule has 0 aromatic carbocycles. The van der Waals surface area contributed by atoms with Crippen molar-refractivity contribution in [1.82, 2.24) is 19.9 Å². The maximum atomic E-state index is 5.24. The van der Waals surface area contributed by atoms with E-state index in [2.05, 4.69) is 36.7 Å². The molecule has 2 aromatic heterocycles. The molecule has 0 spiro atoms. The third-order valence-corrected chi connectivity index (χ3v) is 5.38. The Bertz CT molecular complexity index is 722. The number of hydrogen-bond donors (Lipinski definition) is 0. The van der Waals surface area contributed by atoms with Crippen LogP contribution in [0.2, 0.25) is 0 Å². The van der Waals surface area contributed by atoms with Crippen molar-refractivity contribution in [2.45, 2.75) is 32.2 Å². The van der Waals surface area contributed by atoms with Crippen molar-refractivity contribution in [3.05, 3.63) is 30.4 Å². The molecule has 7 heteroatoms. The van der Waals surface area contributed by atoms with Crippen molar-refractivity contribution in [2.75, 3.05) is 36.5 Å². The molecule has 2 fully saturated rings. The molecule has 2 saturated heterocycles. The van der Waals surface area contributed by atoms with E-state index in [9.17, 15) is 0 Å². The van der Waals surface area contributed by atoms with Gasteiger partial charge in [-0.25, -0.2) is 19.9 Å². The maximum Gasteiger partial charge on any atom is 0.225 e. The molecular formula is C18H24N6O. The van der Waals surface area contributed by atoms with E-state index < -0.39 is 0 Å². The van der Waals surface area contributed by atoms with Crippen molar-refractivity contribution >= 4 is 11.8 Å². The molecule has 0 bridgehead atoms. The van der Waals surface area contributed by atoms with Crippen molar-refractivity contribution in [3.63, 3.8) is 0 Å². The Balaban J connectivity index is 1.53. The van der Waals surface area contributed by atoms with Crippen LogP contribution in [0, 0.1) is 5.92 Å². The molecule has 132 valence electrons. The SMILES string of the molecule is CCc1cnc(N2CCC3CCN(c4cc(OC)ncn4)CC32)nc1. The first-order valence-electron chi connectivity index (χ1n) is 8.97.